The Morgan fingerprint density at radius 1 is 1.24 bits per heavy atom. The summed E-state index contributed by atoms with van der Waals surface area (Å²) in [5.74, 6) is -2.43. The number of Topliss-reactive ketones (excluding diaryl/α,β-unsaturated/α-hetero) is 1. The van der Waals surface area contributed by atoms with E-state index in [1.165, 1.54) is 0 Å². The highest BCUT2D eigenvalue weighted by molar-refractivity contribution is 5.96. The molecule has 1 rings (SSSR count). The van der Waals surface area contributed by atoms with E-state index in [2.05, 4.69) is 6.58 Å². The zero-order valence-electron chi connectivity index (χ0n) is 12.8. The maximum absolute atomic E-state index is 12.1. The molecule has 21 heavy (non-hydrogen) atoms. The van der Waals surface area contributed by atoms with Gasteiger partial charge in [0.15, 0.2) is 5.92 Å². The second-order valence-electron chi connectivity index (χ2n) is 5.21. The molecule has 5 heteroatoms. The zero-order chi connectivity index (χ0) is 15.8. The van der Waals surface area contributed by atoms with E-state index in [0.29, 0.717) is 19.3 Å². The van der Waals surface area contributed by atoms with Gasteiger partial charge in [-0.1, -0.05) is 6.08 Å². The molecule has 2 unspecified atom stereocenters. The first kappa shape index (κ1) is 17.4. The van der Waals surface area contributed by atoms with Crippen molar-refractivity contribution in [3.8, 4) is 0 Å². The fourth-order valence-electron chi connectivity index (χ4n) is 2.78. The second kappa shape index (κ2) is 8.60. The summed E-state index contributed by atoms with van der Waals surface area (Å²) in [6.45, 7) is 7.43. The van der Waals surface area contributed by atoms with E-state index in [1.807, 2.05) is 0 Å². The van der Waals surface area contributed by atoms with E-state index in [1.54, 1.807) is 19.9 Å². The van der Waals surface area contributed by atoms with Gasteiger partial charge in [-0.3, -0.25) is 14.4 Å². The molecule has 2 atom stereocenters. The number of ketones is 1. The van der Waals surface area contributed by atoms with Crippen LogP contribution in [0.2, 0.25) is 0 Å². The van der Waals surface area contributed by atoms with Crippen LogP contribution in [-0.4, -0.2) is 30.9 Å². The molecule has 0 bridgehead atoms. The summed E-state index contributed by atoms with van der Waals surface area (Å²) >= 11 is 0. The van der Waals surface area contributed by atoms with Crippen molar-refractivity contribution < 1.29 is 23.9 Å². The van der Waals surface area contributed by atoms with E-state index >= 15 is 0 Å². The van der Waals surface area contributed by atoms with Crippen molar-refractivity contribution in [3.05, 3.63) is 12.7 Å². The number of hydrogen-bond donors (Lipinski definition) is 0. The lowest BCUT2D eigenvalue weighted by Crippen LogP contribution is -2.38. The molecular formula is C16H24O5. The number of esters is 2. The molecule has 1 aliphatic carbocycles. The van der Waals surface area contributed by atoms with Crippen molar-refractivity contribution >= 4 is 17.7 Å². The van der Waals surface area contributed by atoms with Crippen LogP contribution in [0.25, 0.3) is 0 Å². The fourth-order valence-corrected chi connectivity index (χ4v) is 2.78. The SMILES string of the molecule is C=CCC1CCC(C(C(=O)OCC)C(=O)OCC)CC1=O. The van der Waals surface area contributed by atoms with E-state index in [0.717, 1.165) is 0 Å². The third-order valence-electron chi connectivity index (χ3n) is 3.81. The molecule has 1 aliphatic rings. The summed E-state index contributed by atoms with van der Waals surface area (Å²) in [6, 6.07) is 0. The molecule has 0 aliphatic heterocycles. The van der Waals surface area contributed by atoms with Crippen LogP contribution in [-0.2, 0) is 23.9 Å². The van der Waals surface area contributed by atoms with Crippen LogP contribution in [0.4, 0.5) is 0 Å². The molecule has 0 spiro atoms. The average molecular weight is 296 g/mol. The molecule has 0 aromatic heterocycles. The quantitative estimate of drug-likeness (QED) is 0.409. The first-order valence-corrected chi connectivity index (χ1v) is 7.51. The van der Waals surface area contributed by atoms with Crippen molar-refractivity contribution in [1.82, 2.24) is 0 Å². The van der Waals surface area contributed by atoms with Crippen LogP contribution in [0.15, 0.2) is 12.7 Å². The predicted molar refractivity (Wildman–Crippen MR) is 77.4 cm³/mol. The van der Waals surface area contributed by atoms with Gasteiger partial charge in [-0.05, 0) is 39.0 Å². The van der Waals surface area contributed by atoms with Crippen LogP contribution in [0.3, 0.4) is 0 Å². The lowest BCUT2D eigenvalue weighted by molar-refractivity contribution is -0.165. The van der Waals surface area contributed by atoms with Gasteiger partial charge in [0.05, 0.1) is 13.2 Å². The molecule has 0 aromatic carbocycles. The highest BCUT2D eigenvalue weighted by atomic mass is 16.6. The van der Waals surface area contributed by atoms with E-state index in [-0.39, 0.29) is 37.3 Å². The van der Waals surface area contributed by atoms with Gasteiger partial charge >= 0.3 is 11.9 Å². The standard InChI is InChI=1S/C16H24O5/c1-4-7-11-8-9-12(10-13(11)17)14(15(18)20-5-2)16(19)21-6-3/h4,11-12,14H,1,5-10H2,2-3H3. The Morgan fingerprint density at radius 2 is 1.81 bits per heavy atom. The average Bonchev–Trinajstić information content (AvgIpc) is 2.43. The van der Waals surface area contributed by atoms with E-state index in [4.69, 9.17) is 9.47 Å². The lowest BCUT2D eigenvalue weighted by Gasteiger charge is -2.30. The minimum Gasteiger partial charge on any atom is -0.465 e. The number of carbonyl (C=O) groups is 3. The molecule has 118 valence electrons. The van der Waals surface area contributed by atoms with E-state index in [9.17, 15) is 14.4 Å². The summed E-state index contributed by atoms with van der Waals surface area (Å²) in [7, 11) is 0. The number of allylic oxidation sites excluding steroid dienone is 1. The number of rotatable bonds is 7. The second-order valence-corrected chi connectivity index (χ2v) is 5.21. The molecule has 1 saturated carbocycles. The van der Waals surface area contributed by atoms with Gasteiger partial charge in [-0.2, -0.15) is 0 Å². The van der Waals surface area contributed by atoms with Crippen LogP contribution in [0.5, 0.6) is 0 Å². The molecule has 0 saturated heterocycles. The van der Waals surface area contributed by atoms with Crippen molar-refractivity contribution in [2.75, 3.05) is 13.2 Å². The maximum atomic E-state index is 12.1. The van der Waals surface area contributed by atoms with Crippen LogP contribution < -0.4 is 0 Å². The predicted octanol–water partition coefficient (Wildman–Crippen LogP) is 2.29. The van der Waals surface area contributed by atoms with Gasteiger partial charge in [0.2, 0.25) is 0 Å². The van der Waals surface area contributed by atoms with Gasteiger partial charge in [0.1, 0.15) is 5.78 Å². The summed E-state index contributed by atoms with van der Waals surface area (Å²) in [5, 5.41) is 0. The van der Waals surface area contributed by atoms with Crippen molar-refractivity contribution in [2.45, 2.75) is 39.5 Å². The van der Waals surface area contributed by atoms with Crippen LogP contribution in [0.1, 0.15) is 39.5 Å². The molecule has 0 heterocycles. The highest BCUT2D eigenvalue weighted by Gasteiger charge is 2.41. The van der Waals surface area contributed by atoms with Crippen molar-refractivity contribution in [1.29, 1.82) is 0 Å². The maximum Gasteiger partial charge on any atom is 0.320 e. The Labute approximate surface area is 125 Å². The van der Waals surface area contributed by atoms with Crippen LogP contribution in [0, 0.1) is 17.8 Å². The molecule has 0 radical (unpaired) electrons. The van der Waals surface area contributed by atoms with Gasteiger partial charge < -0.3 is 9.47 Å². The third-order valence-corrected chi connectivity index (χ3v) is 3.81. The van der Waals surface area contributed by atoms with Crippen LogP contribution >= 0.6 is 0 Å². The summed E-state index contributed by atoms with van der Waals surface area (Å²) in [4.78, 5) is 36.2. The minimum atomic E-state index is -0.987. The van der Waals surface area contributed by atoms with Crippen molar-refractivity contribution in [2.24, 2.45) is 17.8 Å². The Bertz CT molecular complexity index is 383. The first-order valence-electron chi connectivity index (χ1n) is 7.51. The fraction of sp³-hybridized carbons (Fsp3) is 0.688. The van der Waals surface area contributed by atoms with Crippen molar-refractivity contribution in [3.63, 3.8) is 0 Å². The van der Waals surface area contributed by atoms with Gasteiger partial charge in [-0.15, -0.1) is 6.58 Å². The number of carbonyl (C=O) groups excluding carboxylic acids is 3. The molecule has 0 aromatic rings. The minimum absolute atomic E-state index is 0.0382. The molecular weight excluding hydrogens is 272 g/mol. The first-order chi connectivity index (χ1) is 10.0. The van der Waals surface area contributed by atoms with Gasteiger partial charge in [0.25, 0.3) is 0 Å². The van der Waals surface area contributed by atoms with Gasteiger partial charge in [-0.25, -0.2) is 0 Å². The molecule has 0 amide bonds. The lowest BCUT2D eigenvalue weighted by atomic mass is 9.74. The Hall–Kier alpha value is -1.65. The third kappa shape index (κ3) is 4.69. The molecule has 0 N–H and O–H groups in total. The Balaban J connectivity index is 2.80. The normalized spacial score (nSPS) is 22.0. The summed E-state index contributed by atoms with van der Waals surface area (Å²) in [5.41, 5.74) is 0. The topological polar surface area (TPSA) is 69.7 Å². The van der Waals surface area contributed by atoms with Gasteiger partial charge in [0, 0.05) is 12.3 Å². The molecule has 5 nitrogen and oxygen atoms in total. The smallest absolute Gasteiger partial charge is 0.320 e. The van der Waals surface area contributed by atoms with E-state index < -0.39 is 17.9 Å². The largest absolute Gasteiger partial charge is 0.465 e. The monoisotopic (exact) mass is 296 g/mol. The highest BCUT2D eigenvalue weighted by Crippen LogP contribution is 2.34. The molecule has 1 fully saturated rings. The Kier molecular flexibility index (Phi) is 7.12. The summed E-state index contributed by atoms with van der Waals surface area (Å²) < 4.78 is 9.93. The number of hydrogen-bond acceptors (Lipinski definition) is 5. The Morgan fingerprint density at radius 3 is 2.24 bits per heavy atom. The summed E-state index contributed by atoms with van der Waals surface area (Å²) in [6.07, 6.45) is 3.92. The number of ether oxygens (including phenoxy) is 2. The zero-order valence-corrected chi connectivity index (χ0v) is 12.8.